The molecule has 11 aromatic rings. The summed E-state index contributed by atoms with van der Waals surface area (Å²) in [5.74, 6) is 8.43. The minimum Gasteiger partial charge on any atom is -0.297 e. The summed E-state index contributed by atoms with van der Waals surface area (Å²) in [6.07, 6.45) is 37.2. The first-order valence-electron chi connectivity index (χ1n) is 35.3. The Bertz CT molecular complexity index is 4850. The van der Waals surface area contributed by atoms with Gasteiger partial charge in [0, 0.05) is 79.9 Å². The van der Waals surface area contributed by atoms with E-state index in [-0.39, 0.29) is 109 Å². The lowest BCUT2D eigenvalue weighted by Gasteiger charge is -2.35. The van der Waals surface area contributed by atoms with E-state index in [1.54, 1.807) is 131 Å². The van der Waals surface area contributed by atoms with Crippen molar-refractivity contribution in [1.29, 1.82) is 0 Å². The number of thiol groups is 1. The maximum Gasteiger partial charge on any atom is 0.389 e. The van der Waals surface area contributed by atoms with Crippen LogP contribution in [0.25, 0.3) is 22.7 Å². The highest BCUT2D eigenvalue weighted by molar-refractivity contribution is 8.00. The topological polar surface area (TPSA) is 204 Å². The zero-order valence-corrected chi connectivity index (χ0v) is 67.9. The number of alkyl halides is 5. The molecule has 0 fully saturated rings. The van der Waals surface area contributed by atoms with Crippen molar-refractivity contribution >= 4 is 129 Å². The van der Waals surface area contributed by atoms with E-state index in [4.69, 9.17) is 60.5 Å². The van der Waals surface area contributed by atoms with Crippen LogP contribution in [0.3, 0.4) is 0 Å². The van der Waals surface area contributed by atoms with Gasteiger partial charge in [0.1, 0.15) is 17.1 Å². The monoisotopic (exact) mass is 1690 g/mol. The number of hydrogen-bond donors (Lipinski definition) is 1. The summed E-state index contributed by atoms with van der Waals surface area (Å²) >= 11 is 27.0. The molecule has 32 heteroatoms. The number of halogens is 8. The summed E-state index contributed by atoms with van der Waals surface area (Å²) in [5.41, 5.74) is 8.92. The standard InChI is InChI=1S/C33H27ClN4OS.C19H22F2N4OS.C17H16ClF3N4OS.C14H13ClN4OS/c1-2-22-37(30-25-38(36-32(30)34)29-19-12-21-35-24-29)31(39)20-23-40-33(26-13-6-3-7-14-26,27-15-8-4-9-16-27)28-17-10-5-11-18-28;1-4-10-24(18(26)7-11-27-12-8-19(3,20)21)17-14-25(23-15(17)2)16-6-5-9-22-13-16;1-2-8-24(15(26)5-9-27-10-6-17(19,20)21)14-12-25(23-16(14)18)13-4-3-7-22-11-13;1-2-7-18(13(20)5-8-21)12-10-19(17-14(12)15)11-4-3-6-16-9-11/h1,3-19,21,24-25H,20,22-23H2;1,5-6,9,13-14H,7-8,10-12H2,2-3H3;1,3-4,7,11-12H,5-6,8-10H2;1,3-4,6,9-10,21H,5,7-8H2. The van der Waals surface area contributed by atoms with Crippen molar-refractivity contribution in [2.24, 2.45) is 0 Å². The zero-order chi connectivity index (χ0) is 82.8. The van der Waals surface area contributed by atoms with Crippen LogP contribution in [0.15, 0.2) is 214 Å². The molecule has 0 aliphatic carbocycles. The van der Waals surface area contributed by atoms with Gasteiger partial charge in [0.2, 0.25) is 29.6 Å². The van der Waals surface area contributed by atoms with Crippen LogP contribution in [0.5, 0.6) is 0 Å². The van der Waals surface area contributed by atoms with E-state index in [1.165, 1.54) is 36.0 Å². The van der Waals surface area contributed by atoms with E-state index in [0.29, 0.717) is 57.1 Å². The van der Waals surface area contributed by atoms with Gasteiger partial charge in [-0.25, -0.2) is 27.5 Å². The first kappa shape index (κ1) is 89.7. The Morgan fingerprint density at radius 2 is 0.730 bits per heavy atom. The van der Waals surface area contributed by atoms with Gasteiger partial charge in [-0.1, -0.05) is 149 Å². The highest BCUT2D eigenvalue weighted by Gasteiger charge is 2.38. The largest absolute Gasteiger partial charge is 0.389 e. The molecule has 0 aliphatic heterocycles. The average Bonchev–Trinajstić information content (AvgIpc) is 1.20. The number of terminal acetylenes is 4. The minimum atomic E-state index is -4.19. The number of nitrogens with zero attached hydrogens (tertiary/aromatic N) is 16. The molecule has 115 heavy (non-hydrogen) atoms. The third kappa shape index (κ3) is 26.6. The molecular weight excluding hydrogens is 1610 g/mol. The Kier molecular flexibility index (Phi) is 35.3. The van der Waals surface area contributed by atoms with Crippen LogP contribution in [-0.2, 0) is 23.9 Å². The van der Waals surface area contributed by atoms with Crippen molar-refractivity contribution in [2.75, 3.05) is 80.3 Å². The first-order valence-corrected chi connectivity index (χ1v) is 40.4. The van der Waals surface area contributed by atoms with Crippen molar-refractivity contribution < 1.29 is 41.1 Å². The highest BCUT2D eigenvalue weighted by atomic mass is 35.5. The molecule has 0 radical (unpaired) electrons. The molecular formula is C83H78Cl3F5N16O4S4. The summed E-state index contributed by atoms with van der Waals surface area (Å²) < 4.78 is 67.8. The van der Waals surface area contributed by atoms with Gasteiger partial charge in [-0.05, 0) is 90.6 Å². The van der Waals surface area contributed by atoms with E-state index in [2.05, 4.69) is 149 Å². The Morgan fingerprint density at radius 1 is 0.426 bits per heavy atom. The molecule has 3 aromatic carbocycles. The van der Waals surface area contributed by atoms with Crippen LogP contribution in [0, 0.1) is 56.3 Å². The molecule has 8 aromatic heterocycles. The Morgan fingerprint density at radius 3 is 1.03 bits per heavy atom. The minimum absolute atomic E-state index is 0.0233. The molecule has 0 bridgehead atoms. The average molecular weight is 1690 g/mol. The van der Waals surface area contributed by atoms with Gasteiger partial charge in [0.25, 0.3) is 0 Å². The number of anilines is 4. The molecule has 8 heterocycles. The quantitative estimate of drug-likeness (QED) is 0.0137. The van der Waals surface area contributed by atoms with Gasteiger partial charge in [0.05, 0.1) is 121 Å². The van der Waals surface area contributed by atoms with E-state index in [0.717, 1.165) is 52.4 Å². The molecule has 20 nitrogen and oxygen atoms in total. The Labute approximate surface area is 697 Å². The number of carbonyl (C=O) groups is 4. The molecule has 0 spiro atoms. The van der Waals surface area contributed by atoms with E-state index in [9.17, 15) is 41.1 Å². The van der Waals surface area contributed by atoms with Gasteiger partial charge in [0.15, 0.2) is 15.5 Å². The van der Waals surface area contributed by atoms with Crippen LogP contribution in [-0.4, -0.2) is 155 Å². The SMILES string of the molecule is C#CCN(C(=O)CCS)c1cn(-c2cccnc2)nc1Cl.C#CCN(C(=O)CCSC(c1ccccc1)(c1ccccc1)c1ccccc1)c1cn(-c2cccnc2)nc1Cl.C#CCN(C(=O)CCSCCC(C)(F)F)c1cn(-c2cccnc2)nc1C.C#CCN(C(=O)CCSCCC(F)(F)F)c1cn(-c2cccnc2)nc1Cl. The van der Waals surface area contributed by atoms with Crippen molar-refractivity contribution in [2.45, 2.75) is 69.2 Å². The fourth-order valence-corrected chi connectivity index (χ4v) is 15.3. The van der Waals surface area contributed by atoms with Crippen LogP contribution < -0.4 is 19.6 Å². The van der Waals surface area contributed by atoms with Crippen molar-refractivity contribution in [3.05, 3.63) is 252 Å². The third-order valence-electron chi connectivity index (χ3n) is 16.5. The second-order valence-corrected chi connectivity index (χ2v) is 29.9. The predicted molar refractivity (Wildman–Crippen MR) is 454 cm³/mol. The molecule has 0 N–H and O–H groups in total. The summed E-state index contributed by atoms with van der Waals surface area (Å²) in [6.45, 7) is 3.02. The number of carbonyl (C=O) groups excluding carboxylic acids is 4. The lowest BCUT2D eigenvalue weighted by Crippen LogP contribution is -2.32. The highest BCUT2D eigenvalue weighted by Crippen LogP contribution is 2.49. The number of rotatable bonds is 32. The number of hydrogen-bond acceptors (Lipinski definition) is 16. The van der Waals surface area contributed by atoms with Crippen LogP contribution in [0.4, 0.5) is 44.7 Å². The number of aryl methyl sites for hydroxylation is 1. The van der Waals surface area contributed by atoms with Crippen molar-refractivity contribution in [1.82, 2.24) is 59.1 Å². The molecule has 4 amide bonds. The fraction of sp³-hybridized carbons (Fsp3) is 0.253. The van der Waals surface area contributed by atoms with Gasteiger partial charge >= 0.3 is 6.18 Å². The van der Waals surface area contributed by atoms with E-state index in [1.807, 2.05) is 42.5 Å². The van der Waals surface area contributed by atoms with Gasteiger partial charge in [-0.15, -0.1) is 37.5 Å². The number of pyridine rings is 4. The van der Waals surface area contributed by atoms with Crippen LogP contribution >= 0.6 is 82.7 Å². The lowest BCUT2D eigenvalue weighted by atomic mass is 9.84. The first-order chi connectivity index (χ1) is 55.4. The molecule has 0 unspecified atom stereocenters. The number of thioether (sulfide) groups is 3. The van der Waals surface area contributed by atoms with E-state index >= 15 is 0 Å². The van der Waals surface area contributed by atoms with E-state index < -0.39 is 23.3 Å². The van der Waals surface area contributed by atoms with Gasteiger partial charge in [-0.3, -0.25) is 58.7 Å². The van der Waals surface area contributed by atoms with Crippen molar-refractivity contribution in [3.8, 4) is 72.1 Å². The normalized spacial score (nSPS) is 11.0. The fourth-order valence-electron chi connectivity index (χ4n) is 11.0. The maximum atomic E-state index is 13.6. The van der Waals surface area contributed by atoms with Crippen molar-refractivity contribution in [3.63, 3.8) is 0 Å². The second kappa shape index (κ2) is 45.3. The molecule has 0 aliphatic rings. The smallest absolute Gasteiger partial charge is 0.297 e. The third-order valence-corrected chi connectivity index (χ3v) is 21.0. The predicted octanol–water partition coefficient (Wildman–Crippen LogP) is 16.9. The van der Waals surface area contributed by atoms with Gasteiger partial charge in [-0.2, -0.15) is 69.7 Å². The summed E-state index contributed by atoms with van der Waals surface area (Å²) in [4.78, 5) is 72.8. The van der Waals surface area contributed by atoms with Gasteiger partial charge < -0.3 is 0 Å². The summed E-state index contributed by atoms with van der Waals surface area (Å²) in [5, 5.41) is 17.6. The summed E-state index contributed by atoms with van der Waals surface area (Å²) in [6, 6.07) is 45.7. The lowest BCUT2D eigenvalue weighted by molar-refractivity contribution is -0.129. The maximum absolute atomic E-state index is 13.6. The molecule has 0 atom stereocenters. The molecule has 11 rings (SSSR count). The van der Waals surface area contributed by atoms with Crippen LogP contribution in [0.1, 0.15) is 67.8 Å². The zero-order valence-electron chi connectivity index (χ0n) is 62.3. The second-order valence-electron chi connectivity index (χ2n) is 24.6. The Balaban J connectivity index is 0.000000198. The summed E-state index contributed by atoms with van der Waals surface area (Å²) in [7, 11) is 0. The molecule has 0 saturated carbocycles. The number of benzene rings is 3. The molecule has 0 saturated heterocycles. The number of aromatic nitrogens is 12. The number of amides is 4. The van der Waals surface area contributed by atoms with Crippen LogP contribution in [0.2, 0.25) is 15.5 Å². The Hall–Kier alpha value is -10.9. The molecule has 594 valence electrons.